The van der Waals surface area contributed by atoms with Gasteiger partial charge >= 0.3 is 0 Å². The molecule has 4 heterocycles. The molecule has 7 rings (SSSR count). The third-order valence-electron chi connectivity index (χ3n) is 10.8. The SMILES string of the molecule is C[C@H](CC1(C(N)=O)CCCCC1)C(=O)N1CCc2cccc(OC3CCN(C(=O)c4cncs4)C3)c2[C@H]1CN1C(=O)c2ccccc2C1=O. The topological polar surface area (TPSA) is 143 Å². The maximum Gasteiger partial charge on any atom is 0.265 e. The number of carbonyl (C=O) groups is 5. The highest BCUT2D eigenvalue weighted by molar-refractivity contribution is 7.11. The highest BCUT2D eigenvalue weighted by Crippen LogP contribution is 2.44. The van der Waals surface area contributed by atoms with Crippen LogP contribution in [-0.4, -0.2) is 81.5 Å². The van der Waals surface area contributed by atoms with E-state index in [1.54, 1.807) is 45.8 Å². The number of nitrogens with zero attached hydrogens (tertiary/aromatic N) is 4. The molecule has 256 valence electrons. The van der Waals surface area contributed by atoms with Gasteiger partial charge in [0.15, 0.2) is 0 Å². The van der Waals surface area contributed by atoms with Gasteiger partial charge in [-0.2, -0.15) is 0 Å². The Bertz CT molecular complexity index is 1750. The lowest BCUT2D eigenvalue weighted by atomic mass is 9.68. The number of hydrogen-bond acceptors (Lipinski definition) is 8. The van der Waals surface area contributed by atoms with E-state index < -0.39 is 29.2 Å². The normalized spacial score (nSPS) is 22.1. The standard InChI is InChI=1S/C37H41N5O6S/c1-23(18-37(36(38)47)14-5-2-6-15-37)32(43)41-17-12-24-8-7-11-29(48-25-13-16-40(20-25)35(46)30-19-39-22-49-30)31(24)28(41)21-42-33(44)26-9-3-4-10-27(26)34(42)45/h3-4,7-11,19,22-23,25,28H,2,5-6,12-18,20-21H2,1H3,(H2,38,47)/t23-,25?,28-/m1/s1. The molecule has 49 heavy (non-hydrogen) atoms. The van der Waals surface area contributed by atoms with E-state index in [9.17, 15) is 24.0 Å². The Balaban J connectivity index is 1.19. The zero-order valence-corrected chi connectivity index (χ0v) is 28.5. The van der Waals surface area contributed by atoms with Crippen LogP contribution in [0.2, 0.25) is 0 Å². The average molecular weight is 684 g/mol. The molecule has 2 N–H and O–H groups in total. The summed E-state index contributed by atoms with van der Waals surface area (Å²) < 4.78 is 6.65. The molecule has 12 heteroatoms. The van der Waals surface area contributed by atoms with Gasteiger partial charge in [0, 0.05) is 36.4 Å². The van der Waals surface area contributed by atoms with E-state index in [2.05, 4.69) is 4.98 Å². The maximum absolute atomic E-state index is 14.5. The second-order valence-corrected chi connectivity index (χ2v) is 14.7. The van der Waals surface area contributed by atoms with Gasteiger partial charge in [-0.05, 0) is 49.4 Å². The number of thiazole rings is 1. The first-order valence-corrected chi connectivity index (χ1v) is 18.1. The largest absolute Gasteiger partial charge is 0.488 e. The Hall–Kier alpha value is -4.58. The van der Waals surface area contributed by atoms with Crippen LogP contribution >= 0.6 is 11.3 Å². The van der Waals surface area contributed by atoms with Gasteiger partial charge in [0.2, 0.25) is 11.8 Å². The summed E-state index contributed by atoms with van der Waals surface area (Å²) >= 11 is 1.30. The minimum absolute atomic E-state index is 0.0419. The number of likely N-dealkylation sites (tertiary alicyclic amines) is 1. The van der Waals surface area contributed by atoms with Crippen LogP contribution in [0.15, 0.2) is 54.2 Å². The minimum Gasteiger partial charge on any atom is -0.488 e. The number of carbonyl (C=O) groups excluding carboxylic acids is 5. The molecule has 4 aliphatic rings. The summed E-state index contributed by atoms with van der Waals surface area (Å²) in [6.45, 7) is 3.14. The second-order valence-electron chi connectivity index (χ2n) is 13.8. The first-order chi connectivity index (χ1) is 23.7. The summed E-state index contributed by atoms with van der Waals surface area (Å²) in [5.74, 6) is -1.30. The summed E-state index contributed by atoms with van der Waals surface area (Å²) in [5.41, 5.74) is 9.31. The molecule has 3 aliphatic heterocycles. The molecule has 2 fully saturated rings. The molecule has 1 unspecified atom stereocenters. The van der Waals surface area contributed by atoms with Gasteiger partial charge in [-0.3, -0.25) is 33.9 Å². The molecule has 1 saturated heterocycles. The predicted octanol–water partition coefficient (Wildman–Crippen LogP) is 4.62. The zero-order chi connectivity index (χ0) is 34.3. The van der Waals surface area contributed by atoms with Gasteiger partial charge in [-0.1, -0.05) is 50.5 Å². The number of aromatic nitrogens is 1. The molecule has 1 aromatic heterocycles. The fourth-order valence-electron chi connectivity index (χ4n) is 8.27. The van der Waals surface area contributed by atoms with Crippen LogP contribution in [0.5, 0.6) is 5.75 Å². The fourth-order valence-corrected chi connectivity index (χ4v) is 8.86. The zero-order valence-electron chi connectivity index (χ0n) is 27.6. The van der Waals surface area contributed by atoms with Gasteiger partial charge in [0.05, 0.1) is 42.0 Å². The first-order valence-electron chi connectivity index (χ1n) is 17.2. The monoisotopic (exact) mass is 683 g/mol. The number of ether oxygens (including phenoxy) is 1. The van der Waals surface area contributed by atoms with Crippen molar-refractivity contribution in [2.75, 3.05) is 26.2 Å². The summed E-state index contributed by atoms with van der Waals surface area (Å²) in [6.07, 6.45) is 7.03. The van der Waals surface area contributed by atoms with Gasteiger partial charge in [0.25, 0.3) is 17.7 Å². The smallest absolute Gasteiger partial charge is 0.265 e. The second kappa shape index (κ2) is 13.4. The lowest BCUT2D eigenvalue weighted by molar-refractivity contribution is -0.141. The van der Waals surface area contributed by atoms with Crippen LogP contribution in [-0.2, 0) is 16.0 Å². The number of primary amides is 1. The highest BCUT2D eigenvalue weighted by Gasteiger charge is 2.45. The molecule has 0 spiro atoms. The molecule has 3 atom stereocenters. The Kier molecular flexibility index (Phi) is 8.99. The van der Waals surface area contributed by atoms with Crippen LogP contribution in [0.25, 0.3) is 0 Å². The van der Waals surface area contributed by atoms with E-state index in [-0.39, 0.29) is 30.4 Å². The molecule has 3 aromatic rings. The molecule has 1 saturated carbocycles. The Morgan fingerprint density at radius 2 is 1.76 bits per heavy atom. The molecule has 11 nitrogen and oxygen atoms in total. The number of nitrogens with two attached hydrogens (primary N) is 1. The summed E-state index contributed by atoms with van der Waals surface area (Å²) in [6, 6.07) is 11.9. The molecular weight excluding hydrogens is 643 g/mol. The summed E-state index contributed by atoms with van der Waals surface area (Å²) in [4.78, 5) is 76.9. The van der Waals surface area contributed by atoms with Gasteiger partial charge in [-0.15, -0.1) is 11.3 Å². The quantitative estimate of drug-likeness (QED) is 0.324. The van der Waals surface area contributed by atoms with Crippen molar-refractivity contribution in [1.29, 1.82) is 0 Å². The lowest BCUT2D eigenvalue weighted by Gasteiger charge is -2.42. The molecule has 0 radical (unpaired) electrons. The predicted molar refractivity (Wildman–Crippen MR) is 182 cm³/mol. The number of amides is 5. The van der Waals surface area contributed by atoms with Gasteiger partial charge in [0.1, 0.15) is 16.7 Å². The van der Waals surface area contributed by atoms with Crippen LogP contribution in [0.3, 0.4) is 0 Å². The van der Waals surface area contributed by atoms with Crippen LogP contribution in [0, 0.1) is 11.3 Å². The minimum atomic E-state index is -0.724. The summed E-state index contributed by atoms with van der Waals surface area (Å²) in [7, 11) is 0. The highest BCUT2D eigenvalue weighted by atomic mass is 32.1. The van der Waals surface area contributed by atoms with Crippen molar-refractivity contribution in [3.8, 4) is 5.75 Å². The number of benzene rings is 2. The van der Waals surface area contributed by atoms with Crippen molar-refractivity contribution in [3.63, 3.8) is 0 Å². The van der Waals surface area contributed by atoms with Crippen molar-refractivity contribution in [3.05, 3.63) is 81.3 Å². The third-order valence-corrected chi connectivity index (χ3v) is 11.6. The third kappa shape index (κ3) is 6.11. The van der Waals surface area contributed by atoms with Crippen LogP contribution in [0.4, 0.5) is 0 Å². The van der Waals surface area contributed by atoms with E-state index in [0.29, 0.717) is 73.5 Å². The fraction of sp³-hybridized carbons (Fsp3) is 0.459. The molecule has 1 aliphatic carbocycles. The first kappa shape index (κ1) is 32.9. The maximum atomic E-state index is 14.5. The molecule has 2 aromatic carbocycles. The number of fused-ring (bicyclic) bond motifs is 2. The number of hydrogen-bond donors (Lipinski definition) is 1. The van der Waals surface area contributed by atoms with Crippen molar-refractivity contribution in [2.24, 2.45) is 17.1 Å². The van der Waals surface area contributed by atoms with E-state index in [4.69, 9.17) is 10.5 Å². The molecular formula is C37H41N5O6S. The van der Waals surface area contributed by atoms with Crippen molar-refractivity contribution in [2.45, 2.75) is 70.4 Å². The number of imide groups is 1. The average Bonchev–Trinajstić information content (AvgIpc) is 3.87. The summed E-state index contributed by atoms with van der Waals surface area (Å²) in [5, 5.41) is 0. The molecule has 5 amide bonds. The van der Waals surface area contributed by atoms with Crippen molar-refractivity contribution >= 4 is 40.9 Å². The Labute approximate surface area is 289 Å². The van der Waals surface area contributed by atoms with Crippen LogP contribution < -0.4 is 10.5 Å². The Morgan fingerprint density at radius 3 is 2.43 bits per heavy atom. The van der Waals surface area contributed by atoms with E-state index >= 15 is 0 Å². The van der Waals surface area contributed by atoms with E-state index in [1.165, 1.54) is 16.2 Å². The van der Waals surface area contributed by atoms with Gasteiger partial charge < -0.3 is 20.3 Å². The van der Waals surface area contributed by atoms with Crippen molar-refractivity contribution in [1.82, 2.24) is 19.7 Å². The lowest BCUT2D eigenvalue weighted by Crippen LogP contribution is -2.49. The molecule has 0 bridgehead atoms. The van der Waals surface area contributed by atoms with E-state index in [0.717, 1.165) is 30.4 Å². The van der Waals surface area contributed by atoms with Crippen molar-refractivity contribution < 1.29 is 28.7 Å². The van der Waals surface area contributed by atoms with Gasteiger partial charge in [-0.25, -0.2) is 0 Å². The van der Waals surface area contributed by atoms with E-state index in [1.807, 2.05) is 25.1 Å². The number of rotatable bonds is 9. The Morgan fingerprint density at radius 1 is 1.02 bits per heavy atom. The van der Waals surface area contributed by atoms with Crippen LogP contribution in [0.1, 0.15) is 99.4 Å².